The lowest BCUT2D eigenvalue weighted by Gasteiger charge is -2.31. The number of rotatable bonds is 3. The van der Waals surface area contributed by atoms with E-state index in [2.05, 4.69) is 26.2 Å². The molecule has 0 saturated heterocycles. The average molecular weight is 414 g/mol. The van der Waals surface area contributed by atoms with Crippen LogP contribution in [-0.2, 0) is 9.59 Å². The second-order valence-corrected chi connectivity index (χ2v) is 7.30. The van der Waals surface area contributed by atoms with Crippen LogP contribution in [-0.4, -0.2) is 38.3 Å². The van der Waals surface area contributed by atoms with E-state index < -0.39 is 35.1 Å². The van der Waals surface area contributed by atoms with Gasteiger partial charge in [0.2, 0.25) is 5.91 Å². The number of aliphatic carboxylic acids is 1. The molecule has 2 heterocycles. The lowest BCUT2D eigenvalue weighted by atomic mass is 10.1. The van der Waals surface area contributed by atoms with Gasteiger partial charge in [0, 0.05) is 22.0 Å². The first-order valence-electron chi connectivity index (χ1n) is 6.90. The van der Waals surface area contributed by atoms with Crippen LogP contribution in [0.2, 0.25) is 0 Å². The minimum Gasteiger partial charge on any atom is -0.480 e. The lowest BCUT2D eigenvalue weighted by molar-refractivity contribution is -0.142. The molecule has 0 spiro atoms. The van der Waals surface area contributed by atoms with Gasteiger partial charge in [0.1, 0.15) is 6.04 Å². The molecular formula is C14H12BrN3O5S. The summed E-state index contributed by atoms with van der Waals surface area (Å²) in [7, 11) is 0. The van der Waals surface area contributed by atoms with Gasteiger partial charge in [-0.1, -0.05) is 15.9 Å². The number of hydrogen-bond donors (Lipinski definition) is 3. The van der Waals surface area contributed by atoms with Gasteiger partial charge in [-0.2, -0.15) is 0 Å². The van der Waals surface area contributed by atoms with E-state index in [9.17, 15) is 24.3 Å². The molecule has 2 unspecified atom stereocenters. The molecule has 0 radical (unpaired) electrons. The number of nitrogens with one attached hydrogen (secondary N) is 2. The van der Waals surface area contributed by atoms with Crippen LogP contribution >= 0.6 is 27.7 Å². The van der Waals surface area contributed by atoms with Gasteiger partial charge in [0.05, 0.1) is 17.1 Å². The van der Waals surface area contributed by atoms with Crippen LogP contribution < -0.4 is 16.4 Å². The first-order chi connectivity index (χ1) is 11.3. The van der Waals surface area contributed by atoms with Crippen LogP contribution in [0.4, 0.5) is 0 Å². The molecule has 0 bridgehead atoms. The number of halogens is 1. The highest BCUT2D eigenvalue weighted by molar-refractivity contribution is 9.10. The summed E-state index contributed by atoms with van der Waals surface area (Å²) in [5.41, 5.74) is -0.794. The number of carboxylic acids is 1. The van der Waals surface area contributed by atoms with E-state index in [1.165, 1.54) is 23.3 Å². The molecule has 126 valence electrons. The lowest BCUT2D eigenvalue weighted by Crippen LogP contribution is -2.52. The normalized spacial score (nSPS) is 17.5. The van der Waals surface area contributed by atoms with Crippen molar-refractivity contribution < 1.29 is 14.7 Å². The quantitative estimate of drug-likeness (QED) is 0.636. The Morgan fingerprint density at radius 2 is 2.17 bits per heavy atom. The third kappa shape index (κ3) is 2.75. The predicted molar refractivity (Wildman–Crippen MR) is 91.5 cm³/mol. The van der Waals surface area contributed by atoms with E-state index in [0.29, 0.717) is 11.0 Å². The van der Waals surface area contributed by atoms with E-state index in [-0.39, 0.29) is 5.75 Å². The average Bonchev–Trinajstić information content (AvgIpc) is 2.49. The van der Waals surface area contributed by atoms with Crippen molar-refractivity contribution in [2.75, 3.05) is 5.75 Å². The Hall–Kier alpha value is -2.07. The van der Waals surface area contributed by atoms with Crippen LogP contribution in [0.15, 0.2) is 31.1 Å². The summed E-state index contributed by atoms with van der Waals surface area (Å²) >= 11 is 4.71. The number of carbonyl (C=O) groups is 2. The standard InChI is InChI=1S/C14H12BrN3O5S/c1-5(19)16-10(14(22)23)8-4-24-9-3-6(15)2-7-11(9)18(8)13(21)12(20)17-7/h2-3,8,10H,4H2,1H3,(H,16,19)(H,17,20)(H,22,23). The number of aromatic amines is 1. The van der Waals surface area contributed by atoms with Gasteiger partial charge in [-0.15, -0.1) is 11.8 Å². The number of carboxylic acid groups (broad SMARTS) is 1. The number of aromatic nitrogens is 2. The molecular weight excluding hydrogens is 402 g/mol. The van der Waals surface area contributed by atoms with Crippen LogP contribution in [0.1, 0.15) is 13.0 Å². The molecule has 8 nitrogen and oxygen atoms in total. The number of H-pyrrole nitrogens is 1. The van der Waals surface area contributed by atoms with Gasteiger partial charge in [-0.05, 0) is 12.1 Å². The van der Waals surface area contributed by atoms with E-state index in [1.54, 1.807) is 12.1 Å². The minimum absolute atomic E-state index is 0.235. The SMILES string of the molecule is CC(=O)NC(C(=O)O)C1CSc2cc(Br)cc3[nH]c(=O)c(=O)n1c23. The van der Waals surface area contributed by atoms with Crippen molar-refractivity contribution in [2.45, 2.75) is 23.9 Å². The fourth-order valence-corrected chi connectivity index (χ4v) is 4.62. The Kier molecular flexibility index (Phi) is 4.26. The summed E-state index contributed by atoms with van der Waals surface area (Å²) in [4.78, 5) is 50.6. The number of thioether (sulfide) groups is 1. The summed E-state index contributed by atoms with van der Waals surface area (Å²) in [6.07, 6.45) is 0. The molecule has 1 aliphatic rings. The molecule has 1 aromatic heterocycles. The second-order valence-electron chi connectivity index (χ2n) is 5.32. The first-order valence-corrected chi connectivity index (χ1v) is 8.68. The molecule has 1 aliphatic heterocycles. The maximum Gasteiger partial charge on any atom is 0.328 e. The van der Waals surface area contributed by atoms with Crippen molar-refractivity contribution in [1.29, 1.82) is 0 Å². The van der Waals surface area contributed by atoms with E-state index in [0.717, 1.165) is 9.37 Å². The number of hydrogen-bond acceptors (Lipinski definition) is 5. The molecule has 1 amide bonds. The third-order valence-electron chi connectivity index (χ3n) is 3.69. The summed E-state index contributed by atoms with van der Waals surface area (Å²) in [5.74, 6) is -1.56. The van der Waals surface area contributed by atoms with Gasteiger partial charge >= 0.3 is 17.1 Å². The Morgan fingerprint density at radius 3 is 2.79 bits per heavy atom. The summed E-state index contributed by atoms with van der Waals surface area (Å²) < 4.78 is 1.91. The van der Waals surface area contributed by atoms with Gasteiger partial charge < -0.3 is 15.4 Å². The third-order valence-corrected chi connectivity index (χ3v) is 5.28. The van der Waals surface area contributed by atoms with Gasteiger partial charge in [0.25, 0.3) is 0 Å². The fraction of sp³-hybridized carbons (Fsp3) is 0.286. The summed E-state index contributed by atoms with van der Waals surface area (Å²) in [6, 6.07) is 1.26. The van der Waals surface area contributed by atoms with E-state index in [1.807, 2.05) is 0 Å². The smallest absolute Gasteiger partial charge is 0.328 e. The molecule has 2 aromatic rings. The van der Waals surface area contributed by atoms with Crippen molar-refractivity contribution >= 4 is 50.6 Å². The van der Waals surface area contributed by atoms with Crippen molar-refractivity contribution in [1.82, 2.24) is 14.9 Å². The van der Waals surface area contributed by atoms with Crippen LogP contribution in [0.25, 0.3) is 11.0 Å². The molecule has 3 N–H and O–H groups in total. The fourth-order valence-electron chi connectivity index (χ4n) is 2.77. The zero-order valence-electron chi connectivity index (χ0n) is 12.3. The highest BCUT2D eigenvalue weighted by Crippen LogP contribution is 2.37. The zero-order valence-corrected chi connectivity index (χ0v) is 14.7. The van der Waals surface area contributed by atoms with Crippen molar-refractivity contribution in [3.63, 3.8) is 0 Å². The van der Waals surface area contributed by atoms with Crippen LogP contribution in [0, 0.1) is 0 Å². The van der Waals surface area contributed by atoms with Gasteiger partial charge in [0.15, 0.2) is 0 Å². The highest BCUT2D eigenvalue weighted by Gasteiger charge is 2.35. The summed E-state index contributed by atoms with van der Waals surface area (Å²) in [5, 5.41) is 11.8. The summed E-state index contributed by atoms with van der Waals surface area (Å²) in [6.45, 7) is 1.20. The topological polar surface area (TPSA) is 121 Å². The van der Waals surface area contributed by atoms with E-state index in [4.69, 9.17) is 0 Å². The number of benzene rings is 1. The Balaban J connectivity index is 2.31. The molecule has 0 saturated carbocycles. The van der Waals surface area contributed by atoms with Crippen molar-refractivity contribution in [3.05, 3.63) is 37.3 Å². The van der Waals surface area contributed by atoms with Crippen LogP contribution in [0.3, 0.4) is 0 Å². The molecule has 0 fully saturated rings. The molecule has 2 atom stereocenters. The first kappa shape index (κ1) is 16.8. The number of amides is 1. The van der Waals surface area contributed by atoms with Gasteiger partial charge in [-0.3, -0.25) is 19.0 Å². The monoisotopic (exact) mass is 413 g/mol. The van der Waals surface area contributed by atoms with Gasteiger partial charge in [-0.25, -0.2) is 4.79 Å². The molecule has 24 heavy (non-hydrogen) atoms. The maximum atomic E-state index is 12.4. The predicted octanol–water partition coefficient (Wildman–Crippen LogP) is 0.688. The molecule has 10 heteroatoms. The molecule has 1 aromatic carbocycles. The number of carbonyl (C=O) groups excluding carboxylic acids is 1. The zero-order chi connectivity index (χ0) is 17.6. The highest BCUT2D eigenvalue weighted by atomic mass is 79.9. The maximum absolute atomic E-state index is 12.4. The Bertz CT molecular complexity index is 983. The Morgan fingerprint density at radius 1 is 1.46 bits per heavy atom. The molecule has 0 aliphatic carbocycles. The van der Waals surface area contributed by atoms with Crippen LogP contribution in [0.5, 0.6) is 0 Å². The minimum atomic E-state index is -1.31. The van der Waals surface area contributed by atoms with Crippen molar-refractivity contribution in [2.24, 2.45) is 0 Å². The number of nitrogens with zero attached hydrogens (tertiary/aromatic N) is 1. The Labute approximate surface area is 147 Å². The molecule has 3 rings (SSSR count). The second kappa shape index (κ2) is 6.10. The van der Waals surface area contributed by atoms with Crippen molar-refractivity contribution in [3.8, 4) is 0 Å². The van der Waals surface area contributed by atoms with E-state index >= 15 is 0 Å². The largest absolute Gasteiger partial charge is 0.480 e.